The first-order valence-electron chi connectivity index (χ1n) is 8.06. The number of halogens is 2. The number of rotatable bonds is 3. The summed E-state index contributed by atoms with van der Waals surface area (Å²) in [7, 11) is 0. The Kier molecular flexibility index (Phi) is 3.92. The molecule has 1 atom stereocenters. The van der Waals surface area contributed by atoms with E-state index in [1.165, 1.54) is 30.5 Å². The van der Waals surface area contributed by atoms with Crippen LogP contribution in [0.15, 0.2) is 65.8 Å². The van der Waals surface area contributed by atoms with Crippen LogP contribution in [0, 0.1) is 17.8 Å². The molecule has 0 saturated heterocycles. The second-order valence-corrected chi connectivity index (χ2v) is 6.01. The molecule has 2 heterocycles. The summed E-state index contributed by atoms with van der Waals surface area (Å²) in [5, 5.41) is 2.50. The largest absolute Gasteiger partial charge is 0.370 e. The van der Waals surface area contributed by atoms with Gasteiger partial charge in [-0.2, -0.15) is 4.39 Å². The van der Waals surface area contributed by atoms with Crippen LogP contribution in [-0.2, 0) is 10.3 Å². The summed E-state index contributed by atoms with van der Waals surface area (Å²) in [6.07, 6.45) is 1.25. The van der Waals surface area contributed by atoms with Gasteiger partial charge in [-0.05, 0) is 41.0 Å². The fraction of sp³-hybridized carbons (Fsp3) is 0.0500. The van der Waals surface area contributed by atoms with Crippen molar-refractivity contribution in [2.75, 3.05) is 0 Å². The molecule has 0 aliphatic carbocycles. The highest BCUT2D eigenvalue weighted by atomic mass is 19.1. The van der Waals surface area contributed by atoms with Gasteiger partial charge in [0, 0.05) is 17.8 Å². The quantitative estimate of drug-likeness (QED) is 0.702. The molecule has 0 saturated carbocycles. The van der Waals surface area contributed by atoms with Crippen LogP contribution >= 0.6 is 0 Å². The van der Waals surface area contributed by atoms with E-state index in [2.05, 4.69) is 21.4 Å². The van der Waals surface area contributed by atoms with Gasteiger partial charge in [0.2, 0.25) is 5.95 Å². The molecule has 3 aromatic rings. The van der Waals surface area contributed by atoms with Crippen molar-refractivity contribution in [3.63, 3.8) is 0 Å². The molecule has 1 radical (unpaired) electrons. The van der Waals surface area contributed by atoms with Gasteiger partial charge in [0.15, 0.2) is 11.5 Å². The molecular formula is C20H13F2N4O. The number of amides is 1. The predicted molar refractivity (Wildman–Crippen MR) is 95.4 cm³/mol. The molecule has 0 spiro atoms. The number of hydrogen-bond acceptors (Lipinski definition) is 4. The molecule has 27 heavy (non-hydrogen) atoms. The molecule has 133 valence electrons. The van der Waals surface area contributed by atoms with Gasteiger partial charge in [-0.1, -0.05) is 30.3 Å². The van der Waals surface area contributed by atoms with E-state index in [1.807, 2.05) is 0 Å². The monoisotopic (exact) mass is 363 g/mol. The van der Waals surface area contributed by atoms with E-state index >= 15 is 0 Å². The maximum absolute atomic E-state index is 14.5. The van der Waals surface area contributed by atoms with Gasteiger partial charge in [0.25, 0.3) is 5.91 Å². The SMILES string of the molecule is NC1=NC(c2cc[c]cc2)(c2ccc(F)c(-c3ccnc(F)c3)c2)C(=O)N1. The van der Waals surface area contributed by atoms with Gasteiger partial charge >= 0.3 is 0 Å². The third-order valence-corrected chi connectivity index (χ3v) is 4.42. The van der Waals surface area contributed by atoms with Crippen LogP contribution in [0.3, 0.4) is 0 Å². The number of carbonyl (C=O) groups is 1. The normalized spacial score (nSPS) is 18.9. The minimum absolute atomic E-state index is 0.0336. The Morgan fingerprint density at radius 3 is 2.48 bits per heavy atom. The van der Waals surface area contributed by atoms with Gasteiger partial charge in [0.05, 0.1) is 0 Å². The smallest absolute Gasteiger partial charge is 0.263 e. The lowest BCUT2D eigenvalue weighted by Gasteiger charge is -2.25. The zero-order chi connectivity index (χ0) is 19.0. The molecule has 0 bridgehead atoms. The lowest BCUT2D eigenvalue weighted by Crippen LogP contribution is -2.39. The summed E-state index contributed by atoms with van der Waals surface area (Å²) < 4.78 is 28.0. The summed E-state index contributed by atoms with van der Waals surface area (Å²) in [5.41, 5.74) is 5.67. The minimum atomic E-state index is -1.47. The van der Waals surface area contributed by atoms with Crippen LogP contribution in [0.5, 0.6) is 0 Å². The molecule has 1 unspecified atom stereocenters. The van der Waals surface area contributed by atoms with Gasteiger partial charge in [0.1, 0.15) is 5.82 Å². The van der Waals surface area contributed by atoms with Gasteiger partial charge < -0.3 is 5.73 Å². The summed E-state index contributed by atoms with van der Waals surface area (Å²) in [6, 6.07) is 16.3. The van der Waals surface area contributed by atoms with E-state index in [1.54, 1.807) is 24.3 Å². The number of benzene rings is 2. The van der Waals surface area contributed by atoms with Crippen molar-refractivity contribution in [1.82, 2.24) is 10.3 Å². The van der Waals surface area contributed by atoms with E-state index in [0.29, 0.717) is 16.7 Å². The van der Waals surface area contributed by atoms with Crippen molar-refractivity contribution in [2.24, 2.45) is 10.7 Å². The number of aromatic nitrogens is 1. The number of carbonyl (C=O) groups excluding carboxylic acids is 1. The third kappa shape index (κ3) is 2.73. The zero-order valence-corrected chi connectivity index (χ0v) is 13.9. The molecule has 5 nitrogen and oxygen atoms in total. The topological polar surface area (TPSA) is 80.4 Å². The first-order valence-corrected chi connectivity index (χ1v) is 8.06. The number of nitrogens with one attached hydrogen (secondary N) is 1. The Hall–Kier alpha value is -3.61. The predicted octanol–water partition coefficient (Wildman–Crippen LogP) is 2.52. The fourth-order valence-electron chi connectivity index (χ4n) is 3.19. The lowest BCUT2D eigenvalue weighted by molar-refractivity contribution is -0.122. The first-order chi connectivity index (χ1) is 13.0. The first kappa shape index (κ1) is 16.8. The zero-order valence-electron chi connectivity index (χ0n) is 13.9. The number of guanidine groups is 1. The second kappa shape index (κ2) is 6.28. The van der Waals surface area contributed by atoms with Crippen LogP contribution in [-0.4, -0.2) is 16.9 Å². The molecule has 2 aromatic carbocycles. The highest BCUT2D eigenvalue weighted by Gasteiger charge is 2.46. The summed E-state index contributed by atoms with van der Waals surface area (Å²) >= 11 is 0. The molecule has 1 amide bonds. The molecule has 1 aliphatic heterocycles. The third-order valence-electron chi connectivity index (χ3n) is 4.42. The Labute approximate surface area is 153 Å². The molecule has 4 rings (SSSR count). The van der Waals surface area contributed by atoms with Crippen molar-refractivity contribution in [1.29, 1.82) is 0 Å². The molecule has 1 aromatic heterocycles. The number of hydrogen-bond donors (Lipinski definition) is 2. The van der Waals surface area contributed by atoms with E-state index in [0.717, 1.165) is 6.07 Å². The van der Waals surface area contributed by atoms with Crippen molar-refractivity contribution in [2.45, 2.75) is 5.54 Å². The molecule has 3 N–H and O–H groups in total. The van der Waals surface area contributed by atoms with Gasteiger partial charge in [-0.25, -0.2) is 14.4 Å². The summed E-state index contributed by atoms with van der Waals surface area (Å²) in [6.45, 7) is 0. The van der Waals surface area contributed by atoms with Crippen LogP contribution < -0.4 is 11.1 Å². The Balaban J connectivity index is 1.95. The Bertz CT molecular complexity index is 1070. The standard InChI is InChI=1S/C20H13F2N4O/c21-16-7-6-14(11-15(16)12-8-9-24-17(22)10-12)20(13-4-2-1-3-5-13)18(27)25-19(23)26-20/h2-11H,(H3,23,25,26,27). The van der Waals surface area contributed by atoms with Crippen molar-refractivity contribution in [3.05, 3.63) is 89.8 Å². The van der Waals surface area contributed by atoms with Crippen LogP contribution in [0.25, 0.3) is 11.1 Å². The number of aliphatic imine (C=N–C) groups is 1. The van der Waals surface area contributed by atoms with Crippen molar-refractivity contribution < 1.29 is 13.6 Å². The van der Waals surface area contributed by atoms with E-state index in [4.69, 9.17) is 5.73 Å². The van der Waals surface area contributed by atoms with Crippen LogP contribution in [0.2, 0.25) is 0 Å². The summed E-state index contributed by atoms with van der Waals surface area (Å²) in [5.74, 6) is -1.78. The van der Waals surface area contributed by atoms with Crippen LogP contribution in [0.4, 0.5) is 8.78 Å². The number of nitrogens with zero attached hydrogens (tertiary/aromatic N) is 2. The minimum Gasteiger partial charge on any atom is -0.370 e. The lowest BCUT2D eigenvalue weighted by atomic mass is 9.82. The highest BCUT2D eigenvalue weighted by molar-refractivity contribution is 6.09. The summed E-state index contributed by atoms with van der Waals surface area (Å²) in [4.78, 5) is 20.6. The fourth-order valence-corrected chi connectivity index (χ4v) is 3.19. The maximum atomic E-state index is 14.5. The Morgan fingerprint density at radius 1 is 1.04 bits per heavy atom. The number of pyridine rings is 1. The van der Waals surface area contributed by atoms with E-state index in [9.17, 15) is 13.6 Å². The average molecular weight is 363 g/mol. The van der Waals surface area contributed by atoms with Gasteiger partial charge in [-0.3, -0.25) is 10.1 Å². The van der Waals surface area contributed by atoms with E-state index < -0.39 is 23.2 Å². The Morgan fingerprint density at radius 2 is 1.81 bits per heavy atom. The van der Waals surface area contributed by atoms with Crippen LogP contribution in [0.1, 0.15) is 11.1 Å². The highest BCUT2D eigenvalue weighted by Crippen LogP contribution is 2.38. The molecule has 1 aliphatic rings. The maximum Gasteiger partial charge on any atom is 0.263 e. The molecule has 7 heteroatoms. The number of nitrogens with two attached hydrogens (primary N) is 1. The van der Waals surface area contributed by atoms with Crippen molar-refractivity contribution in [3.8, 4) is 11.1 Å². The van der Waals surface area contributed by atoms with Gasteiger partial charge in [-0.15, -0.1) is 0 Å². The van der Waals surface area contributed by atoms with Crippen molar-refractivity contribution >= 4 is 11.9 Å². The second-order valence-electron chi connectivity index (χ2n) is 6.01. The molecular weight excluding hydrogens is 350 g/mol. The van der Waals surface area contributed by atoms with E-state index in [-0.39, 0.29) is 11.5 Å². The average Bonchev–Trinajstić information content (AvgIpc) is 2.98. The molecule has 0 fully saturated rings.